The summed E-state index contributed by atoms with van der Waals surface area (Å²) in [5.41, 5.74) is 19.1. The largest absolute Gasteiger partial charge is 0.495 e. The normalized spacial score (nSPS) is 15.0. The summed E-state index contributed by atoms with van der Waals surface area (Å²) in [5.74, 6) is 3.10. The fourth-order valence-corrected chi connectivity index (χ4v) is 16.7. The van der Waals surface area contributed by atoms with Crippen molar-refractivity contribution in [1.82, 2.24) is 89.7 Å². The number of fused-ring (bicyclic) bond motifs is 4. The maximum atomic E-state index is 13.9. The molecule has 1 aliphatic heterocycles. The molecule has 0 saturated heterocycles. The van der Waals surface area contributed by atoms with Gasteiger partial charge < -0.3 is 33.0 Å². The lowest BCUT2D eigenvalue weighted by Gasteiger charge is -2.16. The zero-order valence-corrected chi connectivity index (χ0v) is 81.4. The summed E-state index contributed by atoms with van der Waals surface area (Å²) in [5, 5.41) is 73.1. The first kappa shape index (κ1) is 99.3. The molecule has 1 amide bonds. The number of aldehydes is 2. The fourth-order valence-electron chi connectivity index (χ4n) is 15.4. The van der Waals surface area contributed by atoms with E-state index in [2.05, 4.69) is 92.9 Å². The van der Waals surface area contributed by atoms with E-state index in [1.54, 1.807) is 164 Å². The number of benzene rings is 6. The zero-order chi connectivity index (χ0) is 101. The van der Waals surface area contributed by atoms with Gasteiger partial charge in [-0.15, -0.1) is 25.5 Å². The van der Waals surface area contributed by atoms with Gasteiger partial charge in [0, 0.05) is 133 Å². The van der Waals surface area contributed by atoms with Gasteiger partial charge in [0.15, 0.2) is 12.6 Å². The van der Waals surface area contributed by atoms with Crippen LogP contribution in [-0.4, -0.2) is 125 Å². The number of anilines is 1. The van der Waals surface area contributed by atoms with Crippen molar-refractivity contribution in [2.45, 2.75) is 120 Å². The first-order valence-corrected chi connectivity index (χ1v) is 48.0. The van der Waals surface area contributed by atoms with Crippen molar-refractivity contribution >= 4 is 134 Å². The number of hydrogen-bond donors (Lipinski definition) is 3. The molecule has 12 heterocycles. The molecule has 0 radical (unpaired) electrons. The second-order valence-corrected chi connectivity index (χ2v) is 37.6. The zero-order valence-electron chi connectivity index (χ0n) is 75.3. The molecule has 2 bridgehead atoms. The molecule has 5 aliphatic carbocycles. The van der Waals surface area contributed by atoms with Gasteiger partial charge in [-0.25, -0.2) is 47.3 Å². The lowest BCUT2D eigenvalue weighted by molar-refractivity contribution is -0.119. The van der Waals surface area contributed by atoms with Gasteiger partial charge in [-0.05, 0) is 250 Å². The lowest BCUT2D eigenvalue weighted by atomic mass is 9.81. The number of alkyl halides is 2. The summed E-state index contributed by atoms with van der Waals surface area (Å²) in [6.07, 6.45) is 27.6. The summed E-state index contributed by atoms with van der Waals surface area (Å²) in [4.78, 5) is 90.2. The van der Waals surface area contributed by atoms with Crippen LogP contribution in [0.1, 0.15) is 181 Å². The molecule has 6 aliphatic rings. The minimum atomic E-state index is -2.95. The molecule has 23 rings (SSSR count). The predicted molar refractivity (Wildman–Crippen MR) is 537 cm³/mol. The molecule has 3 N–H and O–H groups in total. The number of azide groups is 1. The SMILES string of the molecule is C[C@@H]1CC/C=C(/c2ccc(-c3cc(Cl)ccc3-n3cc(C4CC4)nn3)oc2=O)c2cc(ccn2)-c2c(cnn2C(F)F)NC1=O.O=Cc1cc(Cl)ccc1-n1cc(C2CC2)nn1.O=c1cccc(-c2cc(Cl)ccc2-n2cc(C3CC3)nn2)o1.O=c1oc(-c2cc(Cl)ccc2-n2cc(C3CC3)nn2)ccc1B(O)O.O=c1oc(-c2cc(Cl)ccc2-n2cc(C3CC3)nn2)ccc1Br.[N-]=[N+]=Nc1ccc(Cl)cc1C=O. The van der Waals surface area contributed by atoms with Gasteiger partial charge in [0.05, 0.1) is 122 Å². The van der Waals surface area contributed by atoms with Crippen LogP contribution in [0.25, 0.3) is 101 Å². The molecule has 45 heteroatoms. The number of carbonyl (C=O) groups is 3. The fraction of sp³-hybridized carbons (Fsp3) is 0.202. The van der Waals surface area contributed by atoms with E-state index in [0.717, 1.165) is 84.7 Å². The Balaban J connectivity index is 0.000000120. The number of carbonyl (C=O) groups excluding carboxylic acids is 3. The van der Waals surface area contributed by atoms with Crippen molar-refractivity contribution in [3.63, 3.8) is 0 Å². The first-order chi connectivity index (χ1) is 69.7. The molecule has 11 aromatic heterocycles. The van der Waals surface area contributed by atoms with Crippen molar-refractivity contribution in [2.75, 3.05) is 5.32 Å². The van der Waals surface area contributed by atoms with E-state index in [9.17, 15) is 42.3 Å². The Labute approximate surface area is 852 Å². The van der Waals surface area contributed by atoms with Gasteiger partial charge in [0.25, 0.3) is 0 Å². The van der Waals surface area contributed by atoms with Crippen LogP contribution in [0.2, 0.25) is 30.1 Å². The Kier molecular flexibility index (Phi) is 30.3. The Hall–Kier alpha value is -14.9. The maximum absolute atomic E-state index is 13.9. The van der Waals surface area contributed by atoms with Crippen molar-refractivity contribution < 1.29 is 50.9 Å². The molecule has 35 nitrogen and oxygen atoms in total. The van der Waals surface area contributed by atoms with Crippen molar-refractivity contribution in [3.8, 4) is 85.0 Å². The second-order valence-electron chi connectivity index (χ2n) is 34.1. The molecule has 0 unspecified atom stereocenters. The van der Waals surface area contributed by atoms with Crippen LogP contribution < -0.4 is 33.3 Å². The summed E-state index contributed by atoms with van der Waals surface area (Å²) in [6, 6.07) is 48.1. The number of amides is 1. The van der Waals surface area contributed by atoms with E-state index in [4.69, 9.17) is 103 Å². The molecular formula is C99H76BBrCl6F2N22O13. The Morgan fingerprint density at radius 3 is 1.31 bits per heavy atom. The molecule has 0 spiro atoms. The van der Waals surface area contributed by atoms with Crippen molar-refractivity contribution in [1.29, 1.82) is 0 Å². The maximum Gasteiger partial charge on any atom is 0.495 e. The van der Waals surface area contributed by atoms with Crippen LogP contribution >= 0.6 is 85.5 Å². The van der Waals surface area contributed by atoms with E-state index in [1.165, 1.54) is 68.4 Å². The van der Waals surface area contributed by atoms with Crippen LogP contribution in [0.4, 0.5) is 20.2 Å². The third kappa shape index (κ3) is 23.7. The molecular weight excluding hydrogens is 2050 g/mol. The van der Waals surface area contributed by atoms with Gasteiger partial charge in [-0.1, -0.05) is 132 Å². The highest BCUT2D eigenvalue weighted by atomic mass is 79.9. The van der Waals surface area contributed by atoms with E-state index < -0.39 is 42.1 Å². The third-order valence-corrected chi connectivity index (χ3v) is 25.7. The van der Waals surface area contributed by atoms with Crippen LogP contribution in [0.5, 0.6) is 0 Å². The second kappa shape index (κ2) is 43.9. The number of allylic oxidation sites excluding steroid dienone is 1. The molecule has 17 aromatic rings. The average Bonchev–Trinajstić information content (AvgIpc) is 1.58. The van der Waals surface area contributed by atoms with Gasteiger partial charge in [-0.2, -0.15) is 13.9 Å². The lowest BCUT2D eigenvalue weighted by Crippen LogP contribution is -2.40. The van der Waals surface area contributed by atoms with Gasteiger partial charge in [0.2, 0.25) is 5.91 Å². The summed E-state index contributed by atoms with van der Waals surface area (Å²) >= 11 is 39.3. The minimum absolute atomic E-state index is 0.0305. The molecule has 6 aromatic carbocycles. The number of aromatic nitrogens is 18. The van der Waals surface area contributed by atoms with Crippen LogP contribution in [-0.2, 0) is 4.79 Å². The molecule has 144 heavy (non-hydrogen) atoms. The molecule has 726 valence electrons. The number of hydrogen-bond acceptors (Lipinski definition) is 26. The quantitative estimate of drug-likeness (QED) is 0.0210. The average molecular weight is 2120 g/mol. The highest BCUT2D eigenvalue weighted by molar-refractivity contribution is 9.10. The smallest absolute Gasteiger partial charge is 0.423 e. The Morgan fingerprint density at radius 2 is 0.889 bits per heavy atom. The monoisotopic (exact) mass is 2120 g/mol. The molecule has 5 fully saturated rings. The van der Waals surface area contributed by atoms with Gasteiger partial charge >= 0.3 is 36.2 Å². The van der Waals surface area contributed by atoms with Crippen molar-refractivity contribution in [2.24, 2.45) is 11.0 Å². The first-order valence-electron chi connectivity index (χ1n) is 44.9. The summed E-state index contributed by atoms with van der Waals surface area (Å²) < 4.78 is 58.9. The Morgan fingerprint density at radius 1 is 0.479 bits per heavy atom. The minimum Gasteiger partial charge on any atom is -0.423 e. The number of nitrogens with zero attached hydrogens (tertiary/aromatic N) is 21. The van der Waals surface area contributed by atoms with E-state index >= 15 is 0 Å². The highest BCUT2D eigenvalue weighted by Crippen LogP contribution is 2.45. The highest BCUT2D eigenvalue weighted by Gasteiger charge is 2.34. The summed E-state index contributed by atoms with van der Waals surface area (Å²) in [7, 11) is -1.89. The molecule has 1 atom stereocenters. The van der Waals surface area contributed by atoms with Gasteiger partial charge in [0.1, 0.15) is 27.5 Å². The van der Waals surface area contributed by atoms with E-state index in [1.807, 2.05) is 49.2 Å². The van der Waals surface area contributed by atoms with Crippen LogP contribution in [0.15, 0.2) is 272 Å². The van der Waals surface area contributed by atoms with Crippen molar-refractivity contribution in [3.05, 3.63) is 363 Å². The number of halogens is 9. The third-order valence-electron chi connectivity index (χ3n) is 23.7. The van der Waals surface area contributed by atoms with E-state index in [0.29, 0.717) is 167 Å². The number of nitrogens with one attached hydrogen (secondary N) is 1. The van der Waals surface area contributed by atoms with Crippen LogP contribution in [0, 0.1) is 5.92 Å². The van der Waals surface area contributed by atoms with E-state index in [-0.39, 0.29) is 45.5 Å². The number of pyridine rings is 1. The van der Waals surface area contributed by atoms with Gasteiger partial charge in [-0.3, -0.25) is 19.4 Å². The van der Waals surface area contributed by atoms with Crippen LogP contribution in [0.3, 0.4) is 0 Å². The Bertz CT molecular complexity index is 8100. The topological polar surface area (TPSA) is 458 Å². The summed E-state index contributed by atoms with van der Waals surface area (Å²) in [6.45, 7) is -1.20. The standard InChI is InChI=1S/C32H26ClF2N7O3.C16H13BClN3O4.C16H11BrClN3O2.C16H12ClN3O2.C12H10ClN3O.C7H4ClN3O/c1-17-3-2-4-21(24-13-19(11-12-36-24)29-25(38-30(17)43)15-37-42(29)32(34)35)22-8-10-28(45-31(22)44)23-14-20(33)7-9-27(23)41-16-26(39-40-41)18-5-6-18;18-10-3-5-14(21-8-13(19-20-21)9-1-2-9)11(7-10)15-6-4-12(17(23)24)16(22)25-15;17-12-4-6-15(23-16(12)22)11-7-10(18)3-5-14(11)21-8-13(19-20-21)9-1-2-9;17-11-6-7-14(20-9-13(18-19-20)10-4-5-10)12(8-11)15-2-1-3-16(21)22-15;13-10-3-4-12(9(5-10)7-17)16-6-11(14-15-16)8-1-2-8;8-6-1-2-7(10-11-9)5(3-6)4-12/h4,7-18,32H,2-3,5-6H2,1H3,(H,38,43);3-9,23-24H,1-2H2;3-9H,1-2H2;1-3,6-10H,4-5H2;3-8H,1-2H2;1-4H/b21-4-;;;;;/t17-;;;;;/m1...../s1. The molecule has 5 saturated carbocycles. The predicted octanol–water partition coefficient (Wildman–Crippen LogP) is 21.3. The number of rotatable bonds is 20.